The first-order valence-electron chi connectivity index (χ1n) is 5.44. The Balaban J connectivity index is 1.83. The minimum atomic E-state index is -0.270. The van der Waals surface area contributed by atoms with Gasteiger partial charge < -0.3 is 14.9 Å². The molecule has 0 amide bonds. The second-order valence-electron chi connectivity index (χ2n) is 4.31. The Morgan fingerprint density at radius 2 is 2.29 bits per heavy atom. The molecule has 3 atom stereocenters. The molecule has 0 aliphatic carbocycles. The van der Waals surface area contributed by atoms with E-state index >= 15 is 0 Å². The topological polar surface area (TPSA) is 52.9 Å². The third-order valence-corrected chi connectivity index (χ3v) is 3.18. The molecule has 0 aromatic carbocycles. The van der Waals surface area contributed by atoms with Gasteiger partial charge in [0.25, 0.3) is 0 Å². The van der Waals surface area contributed by atoms with E-state index in [1.807, 2.05) is 0 Å². The van der Waals surface area contributed by atoms with Crippen LogP contribution in [0.25, 0.3) is 0 Å². The molecule has 2 fully saturated rings. The zero-order chi connectivity index (χ0) is 9.97. The molecule has 0 saturated carbocycles. The van der Waals surface area contributed by atoms with Crippen molar-refractivity contribution in [3.05, 3.63) is 0 Å². The maximum absolute atomic E-state index is 9.48. The smallest absolute Gasteiger partial charge is 0.0703 e. The maximum Gasteiger partial charge on any atom is 0.0703 e. The van der Waals surface area contributed by atoms with E-state index in [-0.39, 0.29) is 18.8 Å². The summed E-state index contributed by atoms with van der Waals surface area (Å²) >= 11 is 0. The molecule has 14 heavy (non-hydrogen) atoms. The SMILES string of the molecule is OCC1CC(O)CN1CC1CCCO1. The van der Waals surface area contributed by atoms with Gasteiger partial charge in [0.05, 0.1) is 18.8 Å². The van der Waals surface area contributed by atoms with E-state index in [1.54, 1.807) is 0 Å². The Hall–Kier alpha value is -0.160. The minimum absolute atomic E-state index is 0.134. The van der Waals surface area contributed by atoms with Gasteiger partial charge in [-0.05, 0) is 19.3 Å². The van der Waals surface area contributed by atoms with Gasteiger partial charge in [0, 0.05) is 25.7 Å². The standard InChI is InChI=1S/C10H19NO3/c12-7-8-4-9(13)5-11(8)6-10-2-1-3-14-10/h8-10,12-13H,1-7H2. The number of nitrogens with zero attached hydrogens (tertiary/aromatic N) is 1. The van der Waals surface area contributed by atoms with Crippen molar-refractivity contribution in [2.24, 2.45) is 0 Å². The average Bonchev–Trinajstić information content (AvgIpc) is 2.76. The van der Waals surface area contributed by atoms with Crippen LogP contribution >= 0.6 is 0 Å². The highest BCUT2D eigenvalue weighted by Crippen LogP contribution is 2.21. The highest BCUT2D eigenvalue weighted by molar-refractivity contribution is 4.86. The van der Waals surface area contributed by atoms with Gasteiger partial charge in [-0.1, -0.05) is 0 Å². The molecule has 4 nitrogen and oxygen atoms in total. The quantitative estimate of drug-likeness (QED) is 0.652. The monoisotopic (exact) mass is 201 g/mol. The molecule has 4 heteroatoms. The van der Waals surface area contributed by atoms with E-state index in [2.05, 4.69) is 4.90 Å². The number of β-amino-alcohol motifs (C(OH)–C–C–N with tert-alkyl or cyclic N) is 1. The van der Waals surface area contributed by atoms with Gasteiger partial charge in [-0.15, -0.1) is 0 Å². The van der Waals surface area contributed by atoms with Crippen molar-refractivity contribution in [3.63, 3.8) is 0 Å². The van der Waals surface area contributed by atoms with Crippen molar-refractivity contribution < 1.29 is 14.9 Å². The van der Waals surface area contributed by atoms with Crippen LogP contribution in [-0.2, 0) is 4.74 Å². The summed E-state index contributed by atoms with van der Waals surface area (Å²) in [6.45, 7) is 2.56. The van der Waals surface area contributed by atoms with Crippen LogP contribution in [0, 0.1) is 0 Å². The van der Waals surface area contributed by atoms with E-state index in [9.17, 15) is 5.11 Å². The number of likely N-dealkylation sites (tertiary alicyclic amines) is 1. The summed E-state index contributed by atoms with van der Waals surface area (Å²) in [5.74, 6) is 0. The third kappa shape index (κ3) is 2.25. The van der Waals surface area contributed by atoms with Crippen molar-refractivity contribution in [2.45, 2.75) is 37.5 Å². The van der Waals surface area contributed by atoms with E-state index in [0.29, 0.717) is 19.1 Å². The van der Waals surface area contributed by atoms with E-state index < -0.39 is 0 Å². The zero-order valence-corrected chi connectivity index (χ0v) is 8.43. The summed E-state index contributed by atoms with van der Waals surface area (Å²) in [5, 5.41) is 18.6. The maximum atomic E-state index is 9.48. The number of ether oxygens (including phenoxy) is 1. The first-order chi connectivity index (χ1) is 6.79. The first-order valence-corrected chi connectivity index (χ1v) is 5.44. The second kappa shape index (κ2) is 4.57. The molecule has 2 aliphatic heterocycles. The molecule has 0 aromatic heterocycles. The van der Waals surface area contributed by atoms with Crippen LogP contribution < -0.4 is 0 Å². The summed E-state index contributed by atoms with van der Waals surface area (Å²) < 4.78 is 5.54. The van der Waals surface area contributed by atoms with E-state index in [4.69, 9.17) is 9.84 Å². The summed E-state index contributed by atoms with van der Waals surface area (Å²) in [4.78, 5) is 2.15. The highest BCUT2D eigenvalue weighted by atomic mass is 16.5. The molecule has 2 N–H and O–H groups in total. The van der Waals surface area contributed by atoms with Gasteiger partial charge >= 0.3 is 0 Å². The third-order valence-electron chi connectivity index (χ3n) is 3.18. The van der Waals surface area contributed by atoms with Gasteiger partial charge in [0.2, 0.25) is 0 Å². The summed E-state index contributed by atoms with van der Waals surface area (Å²) in [6.07, 6.45) is 3.00. The Kier molecular flexibility index (Phi) is 3.38. The fourth-order valence-electron chi connectivity index (χ4n) is 2.42. The molecular formula is C10H19NO3. The fraction of sp³-hybridized carbons (Fsp3) is 1.00. The lowest BCUT2D eigenvalue weighted by Gasteiger charge is -2.24. The number of aliphatic hydroxyl groups excluding tert-OH is 2. The van der Waals surface area contributed by atoms with Crippen molar-refractivity contribution in [3.8, 4) is 0 Å². The molecule has 2 rings (SSSR count). The normalized spacial score (nSPS) is 39.4. The zero-order valence-electron chi connectivity index (χ0n) is 8.43. The Morgan fingerprint density at radius 3 is 2.93 bits per heavy atom. The Bertz CT molecular complexity index is 182. The molecule has 0 bridgehead atoms. The Labute approximate surface area is 84.5 Å². The van der Waals surface area contributed by atoms with Gasteiger partial charge in [-0.2, -0.15) is 0 Å². The summed E-state index contributed by atoms with van der Waals surface area (Å²) in [6, 6.07) is 0.134. The van der Waals surface area contributed by atoms with Crippen LogP contribution in [0.2, 0.25) is 0 Å². The molecule has 0 spiro atoms. The molecule has 2 heterocycles. The lowest BCUT2D eigenvalue weighted by Crippen LogP contribution is -2.38. The molecule has 3 unspecified atom stereocenters. The van der Waals surface area contributed by atoms with Crippen LogP contribution in [0.3, 0.4) is 0 Å². The largest absolute Gasteiger partial charge is 0.395 e. The second-order valence-corrected chi connectivity index (χ2v) is 4.31. The van der Waals surface area contributed by atoms with Gasteiger partial charge in [-0.25, -0.2) is 0 Å². The lowest BCUT2D eigenvalue weighted by molar-refractivity contribution is 0.0557. The predicted octanol–water partition coefficient (Wildman–Crippen LogP) is -0.407. The van der Waals surface area contributed by atoms with Crippen LogP contribution in [-0.4, -0.2) is 59.7 Å². The number of hydrogen-bond acceptors (Lipinski definition) is 4. The van der Waals surface area contributed by atoms with Gasteiger partial charge in [-0.3, -0.25) is 4.90 Å². The van der Waals surface area contributed by atoms with Crippen LogP contribution in [0.5, 0.6) is 0 Å². The first kappa shape index (κ1) is 10.4. The molecule has 0 aromatic rings. The number of hydrogen-bond donors (Lipinski definition) is 2. The molecule has 82 valence electrons. The molecule has 2 saturated heterocycles. The minimum Gasteiger partial charge on any atom is -0.395 e. The van der Waals surface area contributed by atoms with E-state index in [0.717, 1.165) is 26.0 Å². The fourth-order valence-corrected chi connectivity index (χ4v) is 2.42. The number of aliphatic hydroxyl groups is 2. The predicted molar refractivity (Wildman–Crippen MR) is 52.0 cm³/mol. The van der Waals surface area contributed by atoms with Gasteiger partial charge in [0.1, 0.15) is 0 Å². The van der Waals surface area contributed by atoms with Gasteiger partial charge in [0.15, 0.2) is 0 Å². The summed E-state index contributed by atoms with van der Waals surface area (Å²) in [7, 11) is 0. The van der Waals surface area contributed by atoms with Crippen LogP contribution in [0.15, 0.2) is 0 Å². The van der Waals surface area contributed by atoms with Crippen molar-refractivity contribution in [2.75, 3.05) is 26.3 Å². The molecule has 0 radical (unpaired) electrons. The highest BCUT2D eigenvalue weighted by Gasteiger charge is 2.32. The van der Waals surface area contributed by atoms with Crippen molar-refractivity contribution >= 4 is 0 Å². The van der Waals surface area contributed by atoms with Crippen molar-refractivity contribution in [1.82, 2.24) is 4.90 Å². The molecule has 2 aliphatic rings. The van der Waals surface area contributed by atoms with Crippen LogP contribution in [0.4, 0.5) is 0 Å². The number of rotatable bonds is 3. The van der Waals surface area contributed by atoms with Crippen LogP contribution in [0.1, 0.15) is 19.3 Å². The molecular weight excluding hydrogens is 182 g/mol. The summed E-state index contributed by atoms with van der Waals surface area (Å²) in [5.41, 5.74) is 0. The van der Waals surface area contributed by atoms with E-state index in [1.165, 1.54) is 0 Å². The lowest BCUT2D eigenvalue weighted by atomic mass is 10.2. The van der Waals surface area contributed by atoms with Crippen molar-refractivity contribution in [1.29, 1.82) is 0 Å². The average molecular weight is 201 g/mol. The Morgan fingerprint density at radius 1 is 1.43 bits per heavy atom.